The number of hydrogen-bond donors (Lipinski definition) is 1. The second-order valence-electron chi connectivity index (χ2n) is 3.48. The Balaban J connectivity index is 2.17. The van der Waals surface area contributed by atoms with Crippen molar-refractivity contribution >= 4 is 22.0 Å². The predicted molar refractivity (Wildman–Crippen MR) is 61.8 cm³/mol. The minimum absolute atomic E-state index is 0.00948. The highest BCUT2D eigenvalue weighted by atomic mass is 32.2. The predicted octanol–water partition coefficient (Wildman–Crippen LogP) is 0.667. The van der Waals surface area contributed by atoms with E-state index in [1.165, 1.54) is 24.3 Å². The van der Waals surface area contributed by atoms with Gasteiger partial charge in [0, 0.05) is 0 Å². The molecule has 2 rings (SSSR count). The van der Waals surface area contributed by atoms with E-state index in [1.54, 1.807) is 0 Å². The third-order valence-electron chi connectivity index (χ3n) is 2.27. The van der Waals surface area contributed by atoms with E-state index in [0.29, 0.717) is 9.87 Å². The number of nitrogens with zero attached hydrogens (tertiary/aromatic N) is 2. The van der Waals surface area contributed by atoms with Gasteiger partial charge in [-0.15, -0.1) is 0 Å². The molecule has 0 saturated carbocycles. The minimum atomic E-state index is -3.96. The number of hydrogen-bond acceptors (Lipinski definition) is 5. The molecule has 8 heteroatoms. The van der Waals surface area contributed by atoms with Crippen LogP contribution in [0.1, 0.15) is 5.56 Å². The summed E-state index contributed by atoms with van der Waals surface area (Å²) in [5.74, 6) is 0. The molecule has 1 amide bonds. The Bertz CT molecular complexity index is 603. The summed E-state index contributed by atoms with van der Waals surface area (Å²) in [5.41, 5.74) is 0.687. The van der Waals surface area contributed by atoms with Gasteiger partial charge in [-0.3, -0.25) is 4.72 Å². The lowest BCUT2D eigenvalue weighted by atomic mass is 10.2. The molecule has 1 aliphatic rings. The molecule has 1 N–H and O–H groups in total. The molecule has 1 aromatic carbocycles. The van der Waals surface area contributed by atoms with Gasteiger partial charge in [0.1, 0.15) is 6.61 Å². The lowest BCUT2D eigenvalue weighted by molar-refractivity contribution is 0.170. The van der Waals surface area contributed by atoms with Crippen LogP contribution in [0.15, 0.2) is 24.3 Å². The van der Waals surface area contributed by atoms with Crippen molar-refractivity contribution in [1.82, 2.24) is 4.31 Å². The third kappa shape index (κ3) is 2.36. The first-order valence-corrected chi connectivity index (χ1v) is 6.44. The number of nitriles is 1. The van der Waals surface area contributed by atoms with Gasteiger partial charge >= 0.3 is 16.3 Å². The smallest absolute Gasteiger partial charge is 0.425 e. The minimum Gasteiger partial charge on any atom is -0.447 e. The molecule has 0 atom stereocenters. The van der Waals surface area contributed by atoms with Gasteiger partial charge in [0.15, 0.2) is 0 Å². The Morgan fingerprint density at radius 3 is 2.50 bits per heavy atom. The summed E-state index contributed by atoms with van der Waals surface area (Å²) >= 11 is 0. The number of rotatable bonds is 3. The van der Waals surface area contributed by atoms with Crippen molar-refractivity contribution in [3.63, 3.8) is 0 Å². The van der Waals surface area contributed by atoms with Crippen LogP contribution in [0.25, 0.3) is 0 Å². The highest BCUT2D eigenvalue weighted by Crippen LogP contribution is 2.15. The van der Waals surface area contributed by atoms with Gasteiger partial charge in [0.05, 0.1) is 23.9 Å². The van der Waals surface area contributed by atoms with Gasteiger partial charge in [0.2, 0.25) is 0 Å². The second-order valence-corrected chi connectivity index (χ2v) is 5.08. The van der Waals surface area contributed by atoms with Gasteiger partial charge in [-0.1, -0.05) is 0 Å². The van der Waals surface area contributed by atoms with E-state index in [-0.39, 0.29) is 18.8 Å². The summed E-state index contributed by atoms with van der Waals surface area (Å²) < 4.78 is 31.0. The van der Waals surface area contributed by atoms with Crippen LogP contribution in [0.2, 0.25) is 0 Å². The Morgan fingerprint density at radius 1 is 1.33 bits per heavy atom. The fraction of sp³-hybridized carbons (Fsp3) is 0.200. The zero-order chi connectivity index (χ0) is 13.2. The lowest BCUT2D eigenvalue weighted by Crippen LogP contribution is -2.36. The van der Waals surface area contributed by atoms with Crippen LogP contribution in [0.5, 0.6) is 0 Å². The number of ether oxygens (including phenoxy) is 1. The van der Waals surface area contributed by atoms with E-state index in [4.69, 9.17) is 5.26 Å². The van der Waals surface area contributed by atoms with E-state index in [0.717, 1.165) is 0 Å². The third-order valence-corrected chi connectivity index (χ3v) is 3.68. The molecule has 0 bridgehead atoms. The van der Waals surface area contributed by atoms with Crippen LogP contribution in [0.4, 0.5) is 10.5 Å². The van der Waals surface area contributed by atoms with E-state index in [9.17, 15) is 13.2 Å². The molecule has 1 saturated heterocycles. The standard InChI is InChI=1S/C10H9N3O4S/c11-7-8-1-3-9(4-2-8)12-18(15,16)13-5-6-17-10(13)14/h1-4,12H,5-6H2. The van der Waals surface area contributed by atoms with Crippen molar-refractivity contribution in [2.75, 3.05) is 17.9 Å². The van der Waals surface area contributed by atoms with E-state index in [2.05, 4.69) is 9.46 Å². The Kier molecular flexibility index (Phi) is 3.08. The molecule has 0 aromatic heterocycles. The Labute approximate surface area is 104 Å². The molecule has 1 fully saturated rings. The maximum absolute atomic E-state index is 11.8. The molecule has 18 heavy (non-hydrogen) atoms. The number of nitrogens with one attached hydrogen (secondary N) is 1. The molecule has 1 heterocycles. The highest BCUT2D eigenvalue weighted by molar-refractivity contribution is 7.90. The maximum Gasteiger partial charge on any atom is 0.425 e. The summed E-state index contributed by atoms with van der Waals surface area (Å²) in [4.78, 5) is 11.2. The van der Waals surface area contributed by atoms with Crippen LogP contribution in [-0.2, 0) is 14.9 Å². The summed E-state index contributed by atoms with van der Waals surface area (Å²) in [7, 11) is -3.96. The van der Waals surface area contributed by atoms with Crippen molar-refractivity contribution in [3.8, 4) is 6.07 Å². The molecule has 0 spiro atoms. The lowest BCUT2D eigenvalue weighted by Gasteiger charge is -2.14. The molecular weight excluding hydrogens is 258 g/mol. The van der Waals surface area contributed by atoms with Crippen molar-refractivity contribution in [2.45, 2.75) is 0 Å². The number of carbonyl (C=O) groups excluding carboxylic acids is 1. The van der Waals surface area contributed by atoms with Gasteiger partial charge in [0.25, 0.3) is 0 Å². The highest BCUT2D eigenvalue weighted by Gasteiger charge is 2.33. The average Bonchev–Trinajstić information content (AvgIpc) is 2.77. The van der Waals surface area contributed by atoms with Crippen LogP contribution in [0, 0.1) is 11.3 Å². The molecule has 1 aromatic rings. The summed E-state index contributed by atoms with van der Waals surface area (Å²) in [6.07, 6.45) is -0.892. The summed E-state index contributed by atoms with van der Waals surface area (Å²) in [6, 6.07) is 7.75. The largest absolute Gasteiger partial charge is 0.447 e. The fourth-order valence-electron chi connectivity index (χ4n) is 1.41. The normalized spacial score (nSPS) is 15.1. The molecule has 0 radical (unpaired) electrons. The molecule has 1 aliphatic heterocycles. The number of amides is 1. The molecule has 7 nitrogen and oxygen atoms in total. The Hall–Kier alpha value is -2.27. The number of carbonyl (C=O) groups is 1. The van der Waals surface area contributed by atoms with Crippen LogP contribution in [-0.4, -0.2) is 32.0 Å². The van der Waals surface area contributed by atoms with Crippen LogP contribution in [0.3, 0.4) is 0 Å². The van der Waals surface area contributed by atoms with E-state index < -0.39 is 16.3 Å². The van der Waals surface area contributed by atoms with Gasteiger partial charge in [-0.05, 0) is 24.3 Å². The van der Waals surface area contributed by atoms with Crippen LogP contribution >= 0.6 is 0 Å². The summed E-state index contributed by atoms with van der Waals surface area (Å²) in [6.45, 7) is 0.0392. The van der Waals surface area contributed by atoms with Crippen molar-refractivity contribution in [1.29, 1.82) is 5.26 Å². The maximum atomic E-state index is 11.8. The first kappa shape index (κ1) is 12.2. The van der Waals surface area contributed by atoms with E-state index in [1.807, 2.05) is 6.07 Å². The topological polar surface area (TPSA) is 99.5 Å². The second kappa shape index (κ2) is 4.54. The van der Waals surface area contributed by atoms with Gasteiger partial charge in [-0.25, -0.2) is 4.79 Å². The first-order valence-electron chi connectivity index (χ1n) is 5.00. The van der Waals surface area contributed by atoms with Gasteiger partial charge < -0.3 is 4.74 Å². The quantitative estimate of drug-likeness (QED) is 0.867. The zero-order valence-electron chi connectivity index (χ0n) is 9.16. The molecule has 94 valence electrons. The monoisotopic (exact) mass is 267 g/mol. The average molecular weight is 267 g/mol. The van der Waals surface area contributed by atoms with Crippen molar-refractivity contribution in [3.05, 3.63) is 29.8 Å². The fourth-order valence-corrected chi connectivity index (χ4v) is 2.52. The van der Waals surface area contributed by atoms with Crippen molar-refractivity contribution in [2.24, 2.45) is 0 Å². The van der Waals surface area contributed by atoms with E-state index >= 15 is 0 Å². The van der Waals surface area contributed by atoms with Crippen LogP contribution < -0.4 is 4.72 Å². The zero-order valence-corrected chi connectivity index (χ0v) is 9.98. The first-order chi connectivity index (χ1) is 8.53. The SMILES string of the molecule is N#Cc1ccc(NS(=O)(=O)N2CCOC2=O)cc1. The Morgan fingerprint density at radius 2 is 2.00 bits per heavy atom. The van der Waals surface area contributed by atoms with Crippen molar-refractivity contribution < 1.29 is 17.9 Å². The molecule has 0 aliphatic carbocycles. The number of anilines is 1. The number of benzene rings is 1. The molecule has 0 unspecified atom stereocenters. The number of cyclic esters (lactones) is 1. The summed E-state index contributed by atoms with van der Waals surface area (Å²) in [5, 5.41) is 8.61. The molecular formula is C10H9N3O4S. The van der Waals surface area contributed by atoms with Gasteiger partial charge in [-0.2, -0.15) is 18.0 Å².